The minimum Gasteiger partial charge on any atom is -0.395 e. The number of amides is 1. The molecule has 3 aromatic rings. The molecular weight excluding hydrogens is 328 g/mol. The summed E-state index contributed by atoms with van der Waals surface area (Å²) in [6, 6.07) is 13.7. The summed E-state index contributed by atoms with van der Waals surface area (Å²) in [6.45, 7) is 0.916. The molecule has 1 aromatic heterocycles. The Morgan fingerprint density at radius 2 is 2.04 bits per heavy atom. The van der Waals surface area contributed by atoms with Crippen LogP contribution in [-0.4, -0.2) is 33.4 Å². The first-order valence-electron chi connectivity index (χ1n) is 8.87. The van der Waals surface area contributed by atoms with Gasteiger partial charge in [0.2, 0.25) is 0 Å². The molecule has 134 valence electrons. The molecule has 1 saturated carbocycles. The lowest BCUT2D eigenvalue weighted by Gasteiger charge is -2.15. The Morgan fingerprint density at radius 3 is 2.69 bits per heavy atom. The van der Waals surface area contributed by atoms with E-state index >= 15 is 0 Å². The van der Waals surface area contributed by atoms with Crippen molar-refractivity contribution in [2.24, 2.45) is 11.7 Å². The normalized spacial score (nSPS) is 15.3. The minimum atomic E-state index is -0.476. The van der Waals surface area contributed by atoms with Gasteiger partial charge in [0.1, 0.15) is 5.52 Å². The summed E-state index contributed by atoms with van der Waals surface area (Å²) < 4.78 is 1.76. The SMILES string of the molecule is NC(=O)c1cccc2cn(-c3ccc(CNC(CO)C4CC4)cc3)nc12. The van der Waals surface area contributed by atoms with E-state index in [-0.39, 0.29) is 12.6 Å². The minimum absolute atomic E-state index is 0.185. The Labute approximate surface area is 151 Å². The fourth-order valence-corrected chi connectivity index (χ4v) is 3.27. The largest absolute Gasteiger partial charge is 0.395 e. The maximum atomic E-state index is 11.6. The average Bonchev–Trinajstić information content (AvgIpc) is 3.39. The molecule has 0 radical (unpaired) electrons. The second-order valence-electron chi connectivity index (χ2n) is 6.86. The van der Waals surface area contributed by atoms with E-state index in [1.165, 1.54) is 12.8 Å². The number of rotatable bonds is 7. The highest BCUT2D eigenvalue weighted by molar-refractivity contribution is 6.04. The van der Waals surface area contributed by atoms with Crippen molar-refractivity contribution in [3.05, 3.63) is 59.8 Å². The first kappa shape index (κ1) is 16.8. The second kappa shape index (κ2) is 6.90. The molecule has 0 aliphatic heterocycles. The van der Waals surface area contributed by atoms with Crippen molar-refractivity contribution in [1.82, 2.24) is 15.1 Å². The van der Waals surface area contributed by atoms with Crippen molar-refractivity contribution in [1.29, 1.82) is 0 Å². The molecule has 2 aromatic carbocycles. The Hall–Kier alpha value is -2.70. The summed E-state index contributed by atoms with van der Waals surface area (Å²) >= 11 is 0. The van der Waals surface area contributed by atoms with Gasteiger partial charge in [-0.2, -0.15) is 5.10 Å². The van der Waals surface area contributed by atoms with Crippen molar-refractivity contribution in [3.63, 3.8) is 0 Å². The molecule has 1 atom stereocenters. The van der Waals surface area contributed by atoms with Crippen molar-refractivity contribution in [2.75, 3.05) is 6.61 Å². The maximum absolute atomic E-state index is 11.6. The van der Waals surface area contributed by atoms with Crippen LogP contribution in [0.2, 0.25) is 0 Å². The van der Waals surface area contributed by atoms with Crippen LogP contribution in [0.15, 0.2) is 48.7 Å². The number of aliphatic hydroxyl groups excluding tert-OH is 1. The van der Waals surface area contributed by atoms with Gasteiger partial charge in [-0.1, -0.05) is 24.3 Å². The van der Waals surface area contributed by atoms with Crippen LogP contribution < -0.4 is 11.1 Å². The number of nitrogens with one attached hydrogen (secondary N) is 1. The van der Waals surface area contributed by atoms with Crippen molar-refractivity contribution >= 4 is 16.8 Å². The summed E-state index contributed by atoms with van der Waals surface area (Å²) in [6.07, 6.45) is 4.30. The number of hydrogen-bond acceptors (Lipinski definition) is 4. The summed E-state index contributed by atoms with van der Waals surface area (Å²) in [7, 11) is 0. The fourth-order valence-electron chi connectivity index (χ4n) is 3.27. The summed E-state index contributed by atoms with van der Waals surface area (Å²) in [4.78, 5) is 11.6. The Balaban J connectivity index is 1.52. The van der Waals surface area contributed by atoms with Crippen LogP contribution in [0.3, 0.4) is 0 Å². The van der Waals surface area contributed by atoms with E-state index in [4.69, 9.17) is 5.73 Å². The van der Waals surface area contributed by atoms with E-state index in [1.807, 2.05) is 36.5 Å². The number of fused-ring (bicyclic) bond motifs is 1. The Kier molecular flexibility index (Phi) is 4.44. The quantitative estimate of drug-likeness (QED) is 0.607. The number of primary amides is 1. The number of carbonyl (C=O) groups is 1. The first-order valence-corrected chi connectivity index (χ1v) is 8.87. The van der Waals surface area contributed by atoms with Crippen LogP contribution in [0, 0.1) is 5.92 Å². The highest BCUT2D eigenvalue weighted by atomic mass is 16.3. The maximum Gasteiger partial charge on any atom is 0.250 e. The lowest BCUT2D eigenvalue weighted by atomic mass is 10.1. The van der Waals surface area contributed by atoms with Gasteiger partial charge in [0.05, 0.1) is 17.9 Å². The van der Waals surface area contributed by atoms with E-state index in [0.717, 1.165) is 23.2 Å². The Bertz CT molecular complexity index is 929. The summed E-state index contributed by atoms with van der Waals surface area (Å²) in [5.41, 5.74) is 8.54. The van der Waals surface area contributed by atoms with Gasteiger partial charge in [-0.3, -0.25) is 4.79 Å². The molecule has 1 fully saturated rings. The molecule has 0 saturated heterocycles. The predicted molar refractivity (Wildman–Crippen MR) is 100 cm³/mol. The zero-order valence-corrected chi connectivity index (χ0v) is 14.4. The van der Waals surface area contributed by atoms with Crippen LogP contribution in [0.25, 0.3) is 16.6 Å². The number of aliphatic hydroxyl groups is 1. The molecule has 6 nitrogen and oxygen atoms in total. The van der Waals surface area contributed by atoms with Crippen LogP contribution in [0.1, 0.15) is 28.8 Å². The van der Waals surface area contributed by atoms with Gasteiger partial charge >= 0.3 is 0 Å². The molecule has 1 aliphatic rings. The zero-order chi connectivity index (χ0) is 18.1. The van der Waals surface area contributed by atoms with Crippen LogP contribution in [-0.2, 0) is 6.54 Å². The van der Waals surface area contributed by atoms with Gasteiger partial charge in [0, 0.05) is 24.2 Å². The number of aromatic nitrogens is 2. The number of hydrogen-bond donors (Lipinski definition) is 3. The van der Waals surface area contributed by atoms with Gasteiger partial charge < -0.3 is 16.2 Å². The number of benzene rings is 2. The topological polar surface area (TPSA) is 93.2 Å². The lowest BCUT2D eigenvalue weighted by molar-refractivity contribution is 0.100. The zero-order valence-electron chi connectivity index (χ0n) is 14.4. The molecule has 1 heterocycles. The smallest absolute Gasteiger partial charge is 0.250 e. The van der Waals surface area contributed by atoms with Gasteiger partial charge in [0.25, 0.3) is 5.91 Å². The van der Waals surface area contributed by atoms with Crippen LogP contribution >= 0.6 is 0 Å². The molecular formula is C20H22N4O2. The van der Waals surface area contributed by atoms with E-state index < -0.39 is 5.91 Å². The van der Waals surface area contributed by atoms with E-state index in [0.29, 0.717) is 17.0 Å². The fraction of sp³-hybridized carbons (Fsp3) is 0.300. The lowest BCUT2D eigenvalue weighted by Crippen LogP contribution is -2.33. The monoisotopic (exact) mass is 350 g/mol. The van der Waals surface area contributed by atoms with Crippen molar-refractivity contribution < 1.29 is 9.90 Å². The molecule has 4 rings (SSSR count). The predicted octanol–water partition coefficient (Wildman–Crippen LogP) is 1.98. The third-order valence-electron chi connectivity index (χ3n) is 4.96. The van der Waals surface area contributed by atoms with Gasteiger partial charge in [-0.05, 0) is 42.5 Å². The Morgan fingerprint density at radius 1 is 1.27 bits per heavy atom. The van der Waals surface area contributed by atoms with E-state index in [9.17, 15) is 9.90 Å². The average molecular weight is 350 g/mol. The number of carbonyl (C=O) groups excluding carboxylic acids is 1. The molecule has 1 amide bonds. The third kappa shape index (κ3) is 3.34. The standard InChI is InChI=1S/C20H22N4O2/c21-20(26)17-3-1-2-15-11-24(23-19(15)17)16-8-4-13(5-9-16)10-22-18(12-25)14-6-7-14/h1-5,8-9,11,14,18,22,25H,6-7,10,12H2,(H2,21,26). The van der Waals surface area contributed by atoms with Crippen LogP contribution in [0.5, 0.6) is 0 Å². The first-order chi connectivity index (χ1) is 12.7. The second-order valence-corrected chi connectivity index (χ2v) is 6.86. The van der Waals surface area contributed by atoms with Crippen LogP contribution in [0.4, 0.5) is 0 Å². The molecule has 1 aliphatic carbocycles. The van der Waals surface area contributed by atoms with Gasteiger partial charge in [-0.15, -0.1) is 0 Å². The summed E-state index contributed by atoms with van der Waals surface area (Å²) in [5.74, 6) is 0.145. The molecule has 0 bridgehead atoms. The van der Waals surface area contributed by atoms with Crippen molar-refractivity contribution in [2.45, 2.75) is 25.4 Å². The van der Waals surface area contributed by atoms with Gasteiger partial charge in [0.15, 0.2) is 0 Å². The van der Waals surface area contributed by atoms with E-state index in [2.05, 4.69) is 10.4 Å². The molecule has 6 heteroatoms. The third-order valence-corrected chi connectivity index (χ3v) is 4.96. The highest BCUT2D eigenvalue weighted by Crippen LogP contribution is 2.32. The highest BCUT2D eigenvalue weighted by Gasteiger charge is 2.30. The number of nitrogens with zero attached hydrogens (tertiary/aromatic N) is 2. The molecule has 4 N–H and O–H groups in total. The number of nitrogens with two attached hydrogens (primary N) is 1. The van der Waals surface area contributed by atoms with E-state index in [1.54, 1.807) is 16.8 Å². The van der Waals surface area contributed by atoms with Crippen molar-refractivity contribution in [3.8, 4) is 5.69 Å². The molecule has 0 spiro atoms. The summed E-state index contributed by atoms with van der Waals surface area (Å²) in [5, 5.41) is 18.3. The molecule has 26 heavy (non-hydrogen) atoms. The molecule has 1 unspecified atom stereocenters. The van der Waals surface area contributed by atoms with Gasteiger partial charge in [-0.25, -0.2) is 4.68 Å².